The number of likely N-dealkylation sites (tertiary alicyclic amines) is 1. The molecule has 1 saturated heterocycles. The molecule has 3 nitrogen and oxygen atoms in total. The van der Waals surface area contributed by atoms with Gasteiger partial charge in [-0.1, -0.05) is 6.08 Å². The fourth-order valence-electron chi connectivity index (χ4n) is 1.38. The number of amidine groups is 1. The molecule has 3 heteroatoms. The van der Waals surface area contributed by atoms with E-state index in [1.54, 1.807) is 0 Å². The van der Waals surface area contributed by atoms with Gasteiger partial charge in [-0.25, -0.2) is 0 Å². The molecule has 0 aromatic carbocycles. The first-order valence-corrected chi connectivity index (χ1v) is 4.29. The monoisotopic (exact) mass is 167 g/mol. The SMILES string of the molecule is CC=C(C)C(=NC)N1CC(N)C1. The Morgan fingerprint density at radius 1 is 1.58 bits per heavy atom. The molecule has 1 rings (SSSR count). The molecule has 0 bridgehead atoms. The van der Waals surface area contributed by atoms with Crippen LogP contribution in [0.3, 0.4) is 0 Å². The highest BCUT2D eigenvalue weighted by molar-refractivity contribution is 5.98. The van der Waals surface area contributed by atoms with Gasteiger partial charge < -0.3 is 10.6 Å². The molecule has 68 valence electrons. The molecule has 0 unspecified atom stereocenters. The van der Waals surface area contributed by atoms with Gasteiger partial charge in [-0.15, -0.1) is 0 Å². The van der Waals surface area contributed by atoms with E-state index in [0.717, 1.165) is 18.9 Å². The van der Waals surface area contributed by atoms with Crippen LogP contribution in [-0.4, -0.2) is 36.9 Å². The van der Waals surface area contributed by atoms with Crippen LogP contribution in [0.5, 0.6) is 0 Å². The lowest BCUT2D eigenvalue weighted by atomic mass is 10.1. The van der Waals surface area contributed by atoms with Gasteiger partial charge in [0.1, 0.15) is 5.84 Å². The topological polar surface area (TPSA) is 41.6 Å². The Kier molecular flexibility index (Phi) is 2.87. The van der Waals surface area contributed by atoms with Gasteiger partial charge >= 0.3 is 0 Å². The minimum atomic E-state index is 0.339. The zero-order valence-corrected chi connectivity index (χ0v) is 8.04. The first-order valence-electron chi connectivity index (χ1n) is 4.29. The number of rotatable bonds is 1. The standard InChI is InChI=1S/C9H17N3/c1-4-7(2)9(11-3)12-5-8(10)6-12/h4,8H,5-6,10H2,1-3H3. The maximum atomic E-state index is 5.69. The van der Waals surface area contributed by atoms with Crippen LogP contribution >= 0.6 is 0 Å². The van der Waals surface area contributed by atoms with E-state index in [9.17, 15) is 0 Å². The average Bonchev–Trinajstić information content (AvgIpc) is 2.02. The van der Waals surface area contributed by atoms with E-state index in [1.807, 2.05) is 14.0 Å². The summed E-state index contributed by atoms with van der Waals surface area (Å²) in [7, 11) is 1.83. The van der Waals surface area contributed by atoms with E-state index in [4.69, 9.17) is 5.73 Å². The van der Waals surface area contributed by atoms with Gasteiger partial charge in [-0.05, 0) is 19.4 Å². The van der Waals surface area contributed by atoms with E-state index in [2.05, 4.69) is 22.9 Å². The van der Waals surface area contributed by atoms with Gasteiger partial charge in [0.25, 0.3) is 0 Å². The Hall–Kier alpha value is -0.830. The summed E-state index contributed by atoms with van der Waals surface area (Å²) in [6, 6.07) is 0.339. The molecular weight excluding hydrogens is 150 g/mol. The van der Waals surface area contributed by atoms with Crippen molar-refractivity contribution in [3.8, 4) is 0 Å². The molecule has 0 amide bonds. The Morgan fingerprint density at radius 3 is 2.50 bits per heavy atom. The van der Waals surface area contributed by atoms with E-state index in [1.165, 1.54) is 5.57 Å². The summed E-state index contributed by atoms with van der Waals surface area (Å²) in [6.07, 6.45) is 2.08. The molecule has 0 aliphatic carbocycles. The molecule has 0 saturated carbocycles. The molecule has 0 spiro atoms. The van der Waals surface area contributed by atoms with Crippen molar-refractivity contribution in [2.24, 2.45) is 10.7 Å². The van der Waals surface area contributed by atoms with Gasteiger partial charge in [0.15, 0.2) is 0 Å². The van der Waals surface area contributed by atoms with Crippen LogP contribution in [-0.2, 0) is 0 Å². The lowest BCUT2D eigenvalue weighted by molar-refractivity contribution is 0.254. The summed E-state index contributed by atoms with van der Waals surface area (Å²) in [5.74, 6) is 1.08. The van der Waals surface area contributed by atoms with Crippen molar-refractivity contribution in [1.82, 2.24) is 4.90 Å². The largest absolute Gasteiger partial charge is 0.353 e. The van der Waals surface area contributed by atoms with Gasteiger partial charge in [-0.3, -0.25) is 4.99 Å². The molecule has 0 atom stereocenters. The molecule has 1 fully saturated rings. The lowest BCUT2D eigenvalue weighted by Gasteiger charge is -2.39. The minimum absolute atomic E-state index is 0.339. The van der Waals surface area contributed by atoms with Gasteiger partial charge in [0, 0.05) is 26.2 Å². The normalized spacial score (nSPS) is 21.2. The predicted molar refractivity (Wildman–Crippen MR) is 52.3 cm³/mol. The summed E-state index contributed by atoms with van der Waals surface area (Å²) in [4.78, 5) is 6.44. The Bertz CT molecular complexity index is 212. The Balaban J connectivity index is 2.60. The number of hydrogen-bond donors (Lipinski definition) is 1. The first-order chi connectivity index (χ1) is 5.69. The van der Waals surface area contributed by atoms with Crippen LogP contribution < -0.4 is 5.73 Å². The maximum Gasteiger partial charge on any atom is 0.125 e. The maximum absolute atomic E-state index is 5.69. The number of allylic oxidation sites excluding steroid dienone is 1. The van der Waals surface area contributed by atoms with Crippen molar-refractivity contribution < 1.29 is 0 Å². The summed E-state index contributed by atoms with van der Waals surface area (Å²) >= 11 is 0. The van der Waals surface area contributed by atoms with Gasteiger partial charge in [-0.2, -0.15) is 0 Å². The number of nitrogens with zero attached hydrogens (tertiary/aromatic N) is 2. The smallest absolute Gasteiger partial charge is 0.125 e. The first kappa shape index (κ1) is 9.26. The van der Waals surface area contributed by atoms with E-state index in [0.29, 0.717) is 6.04 Å². The van der Waals surface area contributed by atoms with E-state index < -0.39 is 0 Å². The zero-order valence-electron chi connectivity index (χ0n) is 8.04. The molecule has 0 aromatic heterocycles. The molecule has 0 aromatic rings. The fourth-order valence-corrected chi connectivity index (χ4v) is 1.38. The summed E-state index contributed by atoms with van der Waals surface area (Å²) in [5.41, 5.74) is 6.91. The highest BCUT2D eigenvalue weighted by Gasteiger charge is 2.25. The highest BCUT2D eigenvalue weighted by Crippen LogP contribution is 2.11. The molecule has 12 heavy (non-hydrogen) atoms. The quantitative estimate of drug-likeness (QED) is 0.459. The number of aliphatic imine (C=N–C) groups is 1. The Morgan fingerprint density at radius 2 is 2.17 bits per heavy atom. The Labute approximate surface area is 74.0 Å². The fraction of sp³-hybridized carbons (Fsp3) is 0.667. The molecular formula is C9H17N3. The molecule has 2 N–H and O–H groups in total. The zero-order chi connectivity index (χ0) is 9.14. The molecule has 1 aliphatic heterocycles. The van der Waals surface area contributed by atoms with Crippen LogP contribution in [0.25, 0.3) is 0 Å². The second-order valence-electron chi connectivity index (χ2n) is 3.18. The average molecular weight is 167 g/mol. The van der Waals surface area contributed by atoms with Crippen molar-refractivity contribution in [1.29, 1.82) is 0 Å². The predicted octanol–water partition coefficient (Wildman–Crippen LogP) is 0.624. The highest BCUT2D eigenvalue weighted by atomic mass is 15.3. The van der Waals surface area contributed by atoms with Crippen LogP contribution in [0, 0.1) is 0 Å². The van der Waals surface area contributed by atoms with Crippen LogP contribution in [0.1, 0.15) is 13.8 Å². The van der Waals surface area contributed by atoms with E-state index in [-0.39, 0.29) is 0 Å². The third-order valence-corrected chi connectivity index (χ3v) is 2.21. The van der Waals surface area contributed by atoms with Gasteiger partial charge in [0.2, 0.25) is 0 Å². The number of nitrogens with two attached hydrogens (primary N) is 1. The van der Waals surface area contributed by atoms with Crippen LogP contribution in [0.15, 0.2) is 16.6 Å². The van der Waals surface area contributed by atoms with Gasteiger partial charge in [0.05, 0.1) is 0 Å². The summed E-state index contributed by atoms with van der Waals surface area (Å²) in [5, 5.41) is 0. The van der Waals surface area contributed by atoms with Crippen molar-refractivity contribution >= 4 is 5.84 Å². The van der Waals surface area contributed by atoms with Crippen molar-refractivity contribution in [3.05, 3.63) is 11.6 Å². The molecule has 1 heterocycles. The minimum Gasteiger partial charge on any atom is -0.353 e. The van der Waals surface area contributed by atoms with Crippen LogP contribution in [0.2, 0.25) is 0 Å². The molecule has 1 aliphatic rings. The van der Waals surface area contributed by atoms with Crippen molar-refractivity contribution in [3.63, 3.8) is 0 Å². The number of hydrogen-bond acceptors (Lipinski definition) is 2. The third kappa shape index (κ3) is 1.67. The van der Waals surface area contributed by atoms with Crippen LogP contribution in [0.4, 0.5) is 0 Å². The third-order valence-electron chi connectivity index (χ3n) is 2.21. The van der Waals surface area contributed by atoms with Crippen molar-refractivity contribution in [2.75, 3.05) is 20.1 Å². The molecule has 0 radical (unpaired) electrons. The summed E-state index contributed by atoms with van der Waals surface area (Å²) < 4.78 is 0. The second kappa shape index (κ2) is 3.72. The van der Waals surface area contributed by atoms with Crippen molar-refractivity contribution in [2.45, 2.75) is 19.9 Å². The lowest BCUT2D eigenvalue weighted by Crippen LogP contribution is -2.58. The second-order valence-corrected chi connectivity index (χ2v) is 3.18. The van der Waals surface area contributed by atoms with E-state index >= 15 is 0 Å². The summed E-state index contributed by atoms with van der Waals surface area (Å²) in [6.45, 7) is 5.99.